The standard InChI is InChI=1S/C22H24N6O2S/c1-29-18-9-17(10-19(11-18)30-2)27-7-5-15(13-27)12-23-20-3-4-21-24-25-22(28(21)26-20)16-6-8-31-14-16/h3-4,6,8-11,14-15H,5,7,12-13H2,1-2H3,(H,23,26). The summed E-state index contributed by atoms with van der Waals surface area (Å²) in [6.07, 6.45) is 1.11. The first-order valence-electron chi connectivity index (χ1n) is 10.2. The molecule has 1 aliphatic rings. The van der Waals surface area contributed by atoms with E-state index in [9.17, 15) is 0 Å². The number of benzene rings is 1. The van der Waals surface area contributed by atoms with E-state index < -0.39 is 0 Å². The lowest BCUT2D eigenvalue weighted by atomic mass is 10.1. The molecule has 3 aromatic heterocycles. The minimum absolute atomic E-state index is 0.520. The highest BCUT2D eigenvalue weighted by molar-refractivity contribution is 7.08. The molecule has 0 aliphatic carbocycles. The number of thiophene rings is 1. The summed E-state index contributed by atoms with van der Waals surface area (Å²) in [5.41, 5.74) is 2.90. The van der Waals surface area contributed by atoms with Gasteiger partial charge < -0.3 is 19.7 Å². The van der Waals surface area contributed by atoms with Crippen LogP contribution in [0.25, 0.3) is 17.0 Å². The zero-order valence-electron chi connectivity index (χ0n) is 17.5. The Morgan fingerprint density at radius 2 is 1.94 bits per heavy atom. The van der Waals surface area contributed by atoms with Crippen LogP contribution in [0.5, 0.6) is 11.5 Å². The van der Waals surface area contributed by atoms with Gasteiger partial charge in [0.1, 0.15) is 17.3 Å². The average Bonchev–Trinajstić information content (AvgIpc) is 3.57. The number of hydrogen-bond acceptors (Lipinski definition) is 8. The molecule has 0 radical (unpaired) electrons. The molecule has 0 amide bonds. The Hall–Kier alpha value is -3.33. The van der Waals surface area contributed by atoms with E-state index in [1.54, 1.807) is 30.1 Å². The third-order valence-electron chi connectivity index (χ3n) is 5.60. The molecule has 9 heteroatoms. The topological polar surface area (TPSA) is 76.8 Å². The van der Waals surface area contributed by atoms with Crippen molar-refractivity contribution < 1.29 is 9.47 Å². The maximum atomic E-state index is 5.41. The van der Waals surface area contributed by atoms with Gasteiger partial charge in [-0.2, -0.15) is 15.9 Å². The van der Waals surface area contributed by atoms with Crippen molar-refractivity contribution in [2.24, 2.45) is 5.92 Å². The Morgan fingerprint density at radius 3 is 2.68 bits per heavy atom. The van der Waals surface area contributed by atoms with Crippen molar-refractivity contribution in [1.82, 2.24) is 19.8 Å². The van der Waals surface area contributed by atoms with E-state index >= 15 is 0 Å². The maximum absolute atomic E-state index is 5.41. The predicted octanol–water partition coefficient (Wildman–Crippen LogP) is 3.81. The van der Waals surface area contributed by atoms with Gasteiger partial charge in [0, 0.05) is 54.5 Å². The van der Waals surface area contributed by atoms with Crippen LogP contribution < -0.4 is 19.7 Å². The van der Waals surface area contributed by atoms with E-state index in [-0.39, 0.29) is 0 Å². The first kappa shape index (κ1) is 19.6. The fraction of sp³-hybridized carbons (Fsp3) is 0.318. The highest BCUT2D eigenvalue weighted by atomic mass is 32.1. The number of nitrogens with zero attached hydrogens (tertiary/aromatic N) is 5. The van der Waals surface area contributed by atoms with Crippen LogP contribution >= 0.6 is 11.3 Å². The van der Waals surface area contributed by atoms with E-state index in [1.807, 2.05) is 29.6 Å². The molecule has 31 heavy (non-hydrogen) atoms. The smallest absolute Gasteiger partial charge is 0.186 e. The van der Waals surface area contributed by atoms with Crippen molar-refractivity contribution in [3.05, 3.63) is 47.2 Å². The molecule has 1 aromatic carbocycles. The number of rotatable bonds is 7. The Kier molecular flexibility index (Phi) is 5.33. The molecule has 1 unspecified atom stereocenters. The summed E-state index contributed by atoms with van der Waals surface area (Å²) in [6.45, 7) is 2.83. The molecule has 1 N–H and O–H groups in total. The van der Waals surface area contributed by atoms with Gasteiger partial charge in [-0.3, -0.25) is 0 Å². The summed E-state index contributed by atoms with van der Waals surface area (Å²) in [4.78, 5) is 2.38. The molecule has 1 fully saturated rings. The van der Waals surface area contributed by atoms with Crippen LogP contribution in [0, 0.1) is 5.92 Å². The third kappa shape index (κ3) is 4.00. The molecule has 160 valence electrons. The Morgan fingerprint density at radius 1 is 1.10 bits per heavy atom. The molecule has 1 aliphatic heterocycles. The van der Waals surface area contributed by atoms with Crippen LogP contribution in [0.4, 0.5) is 11.5 Å². The van der Waals surface area contributed by atoms with Crippen LogP contribution in [0.2, 0.25) is 0 Å². The van der Waals surface area contributed by atoms with Crippen molar-refractivity contribution in [3.63, 3.8) is 0 Å². The molecule has 1 atom stereocenters. The van der Waals surface area contributed by atoms with Crippen molar-refractivity contribution >= 4 is 28.5 Å². The van der Waals surface area contributed by atoms with E-state index in [2.05, 4.69) is 37.9 Å². The maximum Gasteiger partial charge on any atom is 0.186 e. The minimum atomic E-state index is 0.520. The number of methoxy groups -OCH3 is 2. The fourth-order valence-corrected chi connectivity index (χ4v) is 4.55. The average molecular weight is 437 g/mol. The van der Waals surface area contributed by atoms with Gasteiger partial charge in [-0.05, 0) is 35.9 Å². The SMILES string of the molecule is COc1cc(OC)cc(N2CCC(CNc3ccc4nnc(-c5ccsc5)n4n3)C2)c1. The van der Waals surface area contributed by atoms with Gasteiger partial charge in [-0.1, -0.05) is 0 Å². The van der Waals surface area contributed by atoms with E-state index in [1.165, 1.54) is 0 Å². The third-order valence-corrected chi connectivity index (χ3v) is 6.28. The monoisotopic (exact) mass is 436 g/mol. The summed E-state index contributed by atoms with van der Waals surface area (Å²) in [6, 6.07) is 12.0. The zero-order valence-corrected chi connectivity index (χ0v) is 18.3. The zero-order chi connectivity index (χ0) is 21.2. The second-order valence-electron chi connectivity index (χ2n) is 7.58. The Balaban J connectivity index is 1.26. The summed E-state index contributed by atoms with van der Waals surface area (Å²) >= 11 is 1.64. The molecule has 0 spiro atoms. The number of aromatic nitrogens is 4. The lowest BCUT2D eigenvalue weighted by Crippen LogP contribution is -2.22. The molecule has 4 heterocycles. The lowest BCUT2D eigenvalue weighted by Gasteiger charge is -2.20. The van der Waals surface area contributed by atoms with E-state index in [0.717, 1.165) is 66.1 Å². The van der Waals surface area contributed by atoms with Gasteiger partial charge in [-0.15, -0.1) is 15.3 Å². The molecule has 4 aromatic rings. The second kappa shape index (κ2) is 8.43. The van der Waals surface area contributed by atoms with Gasteiger partial charge in [0.2, 0.25) is 0 Å². The highest BCUT2D eigenvalue weighted by Gasteiger charge is 2.23. The van der Waals surface area contributed by atoms with Crippen molar-refractivity contribution in [3.8, 4) is 22.9 Å². The van der Waals surface area contributed by atoms with E-state index in [4.69, 9.17) is 14.6 Å². The van der Waals surface area contributed by atoms with Gasteiger partial charge in [0.25, 0.3) is 0 Å². The summed E-state index contributed by atoms with van der Waals surface area (Å²) < 4.78 is 12.6. The highest BCUT2D eigenvalue weighted by Crippen LogP contribution is 2.31. The van der Waals surface area contributed by atoms with Crippen LogP contribution in [0.1, 0.15) is 6.42 Å². The first-order chi connectivity index (χ1) is 15.2. The fourth-order valence-electron chi connectivity index (χ4n) is 3.91. The Bertz CT molecular complexity index is 1150. The van der Waals surface area contributed by atoms with Crippen molar-refractivity contribution in [2.45, 2.75) is 6.42 Å². The van der Waals surface area contributed by atoms with Crippen LogP contribution in [-0.4, -0.2) is 53.7 Å². The van der Waals surface area contributed by atoms with Crippen molar-refractivity contribution in [1.29, 1.82) is 0 Å². The molecule has 0 saturated carbocycles. The summed E-state index contributed by atoms with van der Waals surface area (Å²) in [5.74, 6) is 3.73. The molecule has 1 saturated heterocycles. The van der Waals surface area contributed by atoms with Crippen LogP contribution in [-0.2, 0) is 0 Å². The molecule has 0 bridgehead atoms. The largest absolute Gasteiger partial charge is 0.497 e. The van der Waals surface area contributed by atoms with Gasteiger partial charge in [-0.25, -0.2) is 0 Å². The lowest BCUT2D eigenvalue weighted by molar-refractivity contribution is 0.394. The summed E-state index contributed by atoms with van der Waals surface area (Å²) in [7, 11) is 3.36. The van der Waals surface area contributed by atoms with Gasteiger partial charge in [0.05, 0.1) is 14.2 Å². The molecular weight excluding hydrogens is 412 g/mol. The number of nitrogens with one attached hydrogen (secondary N) is 1. The molecular formula is C22H24N6O2S. The molecule has 8 nitrogen and oxygen atoms in total. The minimum Gasteiger partial charge on any atom is -0.497 e. The number of hydrogen-bond donors (Lipinski definition) is 1. The van der Waals surface area contributed by atoms with E-state index in [0.29, 0.717) is 5.92 Å². The number of fused-ring (bicyclic) bond motifs is 1. The van der Waals surface area contributed by atoms with Crippen molar-refractivity contribution in [2.75, 3.05) is 44.1 Å². The molecule has 5 rings (SSSR count). The van der Waals surface area contributed by atoms with Crippen LogP contribution in [0.15, 0.2) is 47.2 Å². The van der Waals surface area contributed by atoms with Gasteiger partial charge >= 0.3 is 0 Å². The number of ether oxygens (including phenoxy) is 2. The van der Waals surface area contributed by atoms with Gasteiger partial charge in [0.15, 0.2) is 11.5 Å². The first-order valence-corrected chi connectivity index (χ1v) is 11.1. The second-order valence-corrected chi connectivity index (χ2v) is 8.36. The quantitative estimate of drug-likeness (QED) is 0.472. The van der Waals surface area contributed by atoms with Crippen LogP contribution in [0.3, 0.4) is 0 Å². The summed E-state index contributed by atoms with van der Waals surface area (Å²) in [5, 5.41) is 20.8. The predicted molar refractivity (Wildman–Crippen MR) is 122 cm³/mol. The number of anilines is 2. The Labute approximate surface area is 184 Å². The normalized spacial score (nSPS) is 16.1.